The molecule has 150 valence electrons. The fourth-order valence-electron chi connectivity index (χ4n) is 3.53. The third-order valence-electron chi connectivity index (χ3n) is 5.47. The molecule has 3 nitrogen and oxygen atoms in total. The van der Waals surface area contributed by atoms with E-state index in [0.717, 1.165) is 16.7 Å². The van der Waals surface area contributed by atoms with E-state index in [1.165, 1.54) is 17.7 Å². The Balaban J connectivity index is 1.79. The van der Waals surface area contributed by atoms with Gasteiger partial charge in [-0.15, -0.1) is 0 Å². The van der Waals surface area contributed by atoms with Gasteiger partial charge in [0.1, 0.15) is 5.82 Å². The van der Waals surface area contributed by atoms with E-state index >= 15 is 0 Å². The van der Waals surface area contributed by atoms with Gasteiger partial charge in [-0.1, -0.05) is 42.5 Å². The Morgan fingerprint density at radius 1 is 0.933 bits per heavy atom. The van der Waals surface area contributed by atoms with Crippen LogP contribution in [0.15, 0.2) is 72.8 Å². The molecule has 1 heterocycles. The molecule has 0 fully saturated rings. The molecule has 0 bridgehead atoms. The van der Waals surface area contributed by atoms with Crippen LogP contribution in [0.25, 0.3) is 22.2 Å². The van der Waals surface area contributed by atoms with Crippen LogP contribution in [-0.2, 0) is 0 Å². The lowest BCUT2D eigenvalue weighted by atomic mass is 10.00. The van der Waals surface area contributed by atoms with Crippen molar-refractivity contribution in [2.75, 3.05) is 0 Å². The van der Waals surface area contributed by atoms with Gasteiger partial charge in [-0.2, -0.15) is 0 Å². The van der Waals surface area contributed by atoms with Gasteiger partial charge in [0.15, 0.2) is 0 Å². The van der Waals surface area contributed by atoms with Gasteiger partial charge < -0.3 is 5.32 Å². The molecule has 1 atom stereocenters. The number of hydrogen-bond acceptors (Lipinski definition) is 2. The Hall–Kier alpha value is -3.53. The number of benzene rings is 3. The second-order valence-electron chi connectivity index (χ2n) is 7.62. The Bertz CT molecular complexity index is 1230. The summed E-state index contributed by atoms with van der Waals surface area (Å²) in [5.74, 6) is -0.650. The predicted molar refractivity (Wildman–Crippen MR) is 119 cm³/mol. The van der Waals surface area contributed by atoms with Crippen molar-refractivity contribution in [3.05, 3.63) is 101 Å². The predicted octanol–water partition coefficient (Wildman–Crippen LogP) is 6.15. The standard InChI is InChI=1S/C26H23FN2O/c1-16-9-10-20(13-17(16)2)25-15-23(22-14-21(27)11-12-24(22)29-25)26(30)28-18(3)19-7-5-4-6-8-19/h4-15,18H,1-3H3,(H,28,30)/t18-/m1/s1. The zero-order valence-corrected chi connectivity index (χ0v) is 17.2. The first-order chi connectivity index (χ1) is 14.4. The molecule has 4 heteroatoms. The summed E-state index contributed by atoms with van der Waals surface area (Å²) in [5.41, 5.74) is 5.96. The molecule has 0 saturated heterocycles. The average molecular weight is 398 g/mol. The first kappa shape index (κ1) is 19.8. The highest BCUT2D eigenvalue weighted by atomic mass is 19.1. The molecule has 1 amide bonds. The number of hydrogen-bond donors (Lipinski definition) is 1. The van der Waals surface area contributed by atoms with Crippen LogP contribution in [0.4, 0.5) is 4.39 Å². The van der Waals surface area contributed by atoms with E-state index in [9.17, 15) is 9.18 Å². The highest BCUT2D eigenvalue weighted by molar-refractivity contribution is 6.07. The second kappa shape index (κ2) is 8.07. The van der Waals surface area contributed by atoms with Crippen molar-refractivity contribution < 1.29 is 9.18 Å². The number of nitrogens with one attached hydrogen (secondary N) is 1. The molecule has 0 aliphatic carbocycles. The smallest absolute Gasteiger partial charge is 0.252 e. The summed E-state index contributed by atoms with van der Waals surface area (Å²) in [6.07, 6.45) is 0. The van der Waals surface area contributed by atoms with Crippen LogP contribution in [-0.4, -0.2) is 10.9 Å². The van der Waals surface area contributed by atoms with Crippen LogP contribution in [0.2, 0.25) is 0 Å². The molecule has 0 spiro atoms. The fraction of sp³-hybridized carbons (Fsp3) is 0.154. The van der Waals surface area contributed by atoms with E-state index in [2.05, 4.69) is 18.3 Å². The highest BCUT2D eigenvalue weighted by Crippen LogP contribution is 2.27. The molecular formula is C26H23FN2O. The van der Waals surface area contributed by atoms with Crippen LogP contribution in [0.5, 0.6) is 0 Å². The van der Waals surface area contributed by atoms with Crippen LogP contribution in [0.1, 0.15) is 40.0 Å². The van der Waals surface area contributed by atoms with Gasteiger partial charge in [-0.25, -0.2) is 9.37 Å². The number of carbonyl (C=O) groups is 1. The lowest BCUT2D eigenvalue weighted by molar-refractivity contribution is 0.0941. The molecule has 0 unspecified atom stereocenters. The normalized spacial score (nSPS) is 12.0. The molecular weight excluding hydrogens is 375 g/mol. The maximum atomic E-state index is 14.0. The molecule has 0 saturated carbocycles. The number of aromatic nitrogens is 1. The van der Waals surface area contributed by atoms with E-state index in [4.69, 9.17) is 4.98 Å². The SMILES string of the molecule is Cc1ccc(-c2cc(C(=O)N[C@H](C)c3ccccc3)c3cc(F)ccc3n2)cc1C. The Kier molecular flexibility index (Phi) is 5.32. The molecule has 1 N–H and O–H groups in total. The molecule has 4 rings (SSSR count). The summed E-state index contributed by atoms with van der Waals surface area (Å²) in [4.78, 5) is 17.9. The van der Waals surface area contributed by atoms with Gasteiger partial charge in [-0.3, -0.25) is 4.79 Å². The largest absolute Gasteiger partial charge is 0.345 e. The van der Waals surface area contributed by atoms with Gasteiger partial charge in [0, 0.05) is 10.9 Å². The molecule has 1 aromatic heterocycles. The van der Waals surface area contributed by atoms with Crippen LogP contribution in [0, 0.1) is 19.7 Å². The quantitative estimate of drug-likeness (QED) is 0.448. The number of halogens is 1. The van der Waals surface area contributed by atoms with Crippen molar-refractivity contribution in [2.45, 2.75) is 26.8 Å². The first-order valence-corrected chi connectivity index (χ1v) is 9.96. The summed E-state index contributed by atoms with van der Waals surface area (Å²) in [7, 11) is 0. The molecule has 4 aromatic rings. The van der Waals surface area contributed by atoms with Crippen molar-refractivity contribution in [1.82, 2.24) is 10.3 Å². The van der Waals surface area contributed by atoms with E-state index in [1.807, 2.05) is 56.3 Å². The number of fused-ring (bicyclic) bond motifs is 1. The summed E-state index contributed by atoms with van der Waals surface area (Å²) < 4.78 is 14.0. The van der Waals surface area contributed by atoms with Crippen molar-refractivity contribution in [3.8, 4) is 11.3 Å². The maximum absolute atomic E-state index is 14.0. The van der Waals surface area contributed by atoms with E-state index in [-0.39, 0.29) is 11.9 Å². The highest BCUT2D eigenvalue weighted by Gasteiger charge is 2.17. The summed E-state index contributed by atoms with van der Waals surface area (Å²) >= 11 is 0. The van der Waals surface area contributed by atoms with Gasteiger partial charge in [0.05, 0.1) is 22.8 Å². The minimum absolute atomic E-state index is 0.180. The Labute approximate surface area is 175 Å². The number of aryl methyl sites for hydroxylation is 2. The van der Waals surface area contributed by atoms with Crippen LogP contribution >= 0.6 is 0 Å². The first-order valence-electron chi connectivity index (χ1n) is 9.96. The summed E-state index contributed by atoms with van der Waals surface area (Å²) in [5, 5.41) is 3.53. The topological polar surface area (TPSA) is 42.0 Å². The molecule has 0 aliphatic rings. The van der Waals surface area contributed by atoms with Crippen molar-refractivity contribution >= 4 is 16.8 Å². The van der Waals surface area contributed by atoms with Gasteiger partial charge >= 0.3 is 0 Å². The summed E-state index contributed by atoms with van der Waals surface area (Å²) in [6, 6.07) is 21.8. The van der Waals surface area contributed by atoms with Gasteiger partial charge in [-0.05, 0) is 67.8 Å². The zero-order valence-electron chi connectivity index (χ0n) is 17.2. The monoisotopic (exact) mass is 398 g/mol. The summed E-state index contributed by atoms with van der Waals surface area (Å²) in [6.45, 7) is 6.03. The third-order valence-corrected chi connectivity index (χ3v) is 5.47. The van der Waals surface area contributed by atoms with E-state index in [0.29, 0.717) is 22.2 Å². The van der Waals surface area contributed by atoms with Crippen molar-refractivity contribution in [1.29, 1.82) is 0 Å². The Morgan fingerprint density at radius 2 is 1.70 bits per heavy atom. The Morgan fingerprint density at radius 3 is 2.43 bits per heavy atom. The van der Waals surface area contributed by atoms with Crippen molar-refractivity contribution in [2.24, 2.45) is 0 Å². The molecule has 0 radical (unpaired) electrons. The third kappa shape index (κ3) is 3.94. The van der Waals surface area contributed by atoms with Crippen LogP contribution < -0.4 is 5.32 Å². The number of carbonyl (C=O) groups excluding carboxylic acids is 1. The maximum Gasteiger partial charge on any atom is 0.252 e. The number of amides is 1. The minimum atomic E-state index is -0.395. The molecule has 30 heavy (non-hydrogen) atoms. The fourth-order valence-corrected chi connectivity index (χ4v) is 3.53. The average Bonchev–Trinajstić information content (AvgIpc) is 2.75. The van der Waals surface area contributed by atoms with Crippen LogP contribution in [0.3, 0.4) is 0 Å². The molecule has 3 aromatic carbocycles. The second-order valence-corrected chi connectivity index (χ2v) is 7.62. The zero-order chi connectivity index (χ0) is 21.3. The van der Waals surface area contributed by atoms with E-state index < -0.39 is 5.82 Å². The number of pyridine rings is 1. The minimum Gasteiger partial charge on any atom is -0.345 e. The van der Waals surface area contributed by atoms with Gasteiger partial charge in [0.25, 0.3) is 5.91 Å². The lowest BCUT2D eigenvalue weighted by Crippen LogP contribution is -2.27. The number of nitrogens with zero attached hydrogens (tertiary/aromatic N) is 1. The lowest BCUT2D eigenvalue weighted by Gasteiger charge is -2.16. The van der Waals surface area contributed by atoms with Gasteiger partial charge in [0.2, 0.25) is 0 Å². The van der Waals surface area contributed by atoms with Crippen molar-refractivity contribution in [3.63, 3.8) is 0 Å². The number of rotatable bonds is 4. The molecule has 0 aliphatic heterocycles. The van der Waals surface area contributed by atoms with E-state index in [1.54, 1.807) is 12.1 Å².